The number of carboxylic acid groups (broad SMARTS) is 1. The summed E-state index contributed by atoms with van der Waals surface area (Å²) in [6, 6.07) is 1.21. The van der Waals surface area contributed by atoms with E-state index in [1.54, 1.807) is 0 Å². The molecular weight excluding hydrogens is 151 g/mol. The van der Waals surface area contributed by atoms with Crippen molar-refractivity contribution in [1.29, 1.82) is 0 Å². The van der Waals surface area contributed by atoms with Crippen LogP contribution in [0.25, 0.3) is 0 Å². The quantitative estimate of drug-likeness (QED) is 0.685. The van der Waals surface area contributed by atoms with E-state index >= 15 is 0 Å². The maximum Gasteiger partial charge on any atom is 0.354 e. The fourth-order valence-corrected chi connectivity index (χ4v) is 0.792. The van der Waals surface area contributed by atoms with Gasteiger partial charge in [-0.2, -0.15) is 5.10 Å². The van der Waals surface area contributed by atoms with Gasteiger partial charge in [-0.3, -0.25) is 4.68 Å². The van der Waals surface area contributed by atoms with Crippen molar-refractivity contribution in [3.05, 3.63) is 17.5 Å². The number of carboxylic acids is 1. The smallest absolute Gasteiger partial charge is 0.354 e. The van der Waals surface area contributed by atoms with Crippen LogP contribution in [-0.2, 0) is 13.7 Å². The Morgan fingerprint density at radius 1 is 1.91 bits per heavy atom. The van der Waals surface area contributed by atoms with Crippen LogP contribution in [0, 0.1) is 0 Å². The molecule has 0 unspecified atom stereocenters. The first-order valence-electron chi connectivity index (χ1n) is 2.97. The SMILES string of the molecule is Cn1nc(CF)cc1C(=O)O. The fraction of sp³-hybridized carbons (Fsp3) is 0.333. The van der Waals surface area contributed by atoms with Crippen LogP contribution < -0.4 is 0 Å². The van der Waals surface area contributed by atoms with Crippen LogP contribution in [-0.4, -0.2) is 20.9 Å². The Balaban J connectivity index is 3.07. The van der Waals surface area contributed by atoms with Gasteiger partial charge in [-0.1, -0.05) is 0 Å². The number of hydrogen-bond donors (Lipinski definition) is 1. The summed E-state index contributed by atoms with van der Waals surface area (Å²) in [5.41, 5.74) is 0.141. The van der Waals surface area contributed by atoms with Gasteiger partial charge in [-0.25, -0.2) is 9.18 Å². The molecule has 0 aromatic carbocycles. The highest BCUT2D eigenvalue weighted by molar-refractivity contribution is 5.85. The molecule has 0 bridgehead atoms. The number of hydrogen-bond acceptors (Lipinski definition) is 2. The summed E-state index contributed by atoms with van der Waals surface area (Å²) in [5, 5.41) is 12.1. The van der Waals surface area contributed by atoms with Crippen LogP contribution >= 0.6 is 0 Å². The van der Waals surface area contributed by atoms with E-state index in [9.17, 15) is 9.18 Å². The predicted octanol–water partition coefficient (Wildman–Crippen LogP) is 0.588. The predicted molar refractivity (Wildman–Crippen MR) is 35.0 cm³/mol. The second-order valence-electron chi connectivity index (χ2n) is 2.08. The Bertz CT molecular complexity index is 282. The number of aromatic nitrogens is 2. The molecule has 0 radical (unpaired) electrons. The van der Waals surface area contributed by atoms with Crippen LogP contribution in [0.5, 0.6) is 0 Å². The van der Waals surface area contributed by atoms with Crippen molar-refractivity contribution < 1.29 is 14.3 Å². The van der Waals surface area contributed by atoms with Gasteiger partial charge in [0.2, 0.25) is 0 Å². The summed E-state index contributed by atoms with van der Waals surface area (Å²) in [4.78, 5) is 10.4. The summed E-state index contributed by atoms with van der Waals surface area (Å²) in [6.45, 7) is -0.735. The molecule has 1 rings (SSSR count). The molecule has 1 aromatic rings. The highest BCUT2D eigenvalue weighted by Crippen LogP contribution is 2.03. The van der Waals surface area contributed by atoms with E-state index in [1.165, 1.54) is 13.1 Å². The lowest BCUT2D eigenvalue weighted by atomic mass is 10.4. The number of aromatic carboxylic acids is 1. The summed E-state index contributed by atoms with van der Waals surface area (Å²) < 4.78 is 13.0. The highest BCUT2D eigenvalue weighted by atomic mass is 19.1. The van der Waals surface area contributed by atoms with E-state index in [2.05, 4.69) is 5.10 Å². The van der Waals surface area contributed by atoms with Crippen molar-refractivity contribution in [2.75, 3.05) is 0 Å². The molecule has 0 amide bonds. The largest absolute Gasteiger partial charge is 0.477 e. The molecule has 0 fully saturated rings. The monoisotopic (exact) mass is 158 g/mol. The highest BCUT2D eigenvalue weighted by Gasteiger charge is 2.10. The van der Waals surface area contributed by atoms with E-state index in [0.717, 1.165) is 4.68 Å². The minimum Gasteiger partial charge on any atom is -0.477 e. The second kappa shape index (κ2) is 2.69. The number of nitrogens with zero attached hydrogens (tertiary/aromatic N) is 2. The van der Waals surface area contributed by atoms with E-state index < -0.39 is 12.6 Å². The molecule has 0 saturated heterocycles. The van der Waals surface area contributed by atoms with Gasteiger partial charge in [0.1, 0.15) is 12.4 Å². The molecule has 0 saturated carbocycles. The van der Waals surface area contributed by atoms with Crippen molar-refractivity contribution in [3.8, 4) is 0 Å². The van der Waals surface area contributed by atoms with Gasteiger partial charge in [0.05, 0.1) is 5.69 Å². The summed E-state index contributed by atoms with van der Waals surface area (Å²) in [5.74, 6) is -1.10. The molecule has 0 aliphatic rings. The van der Waals surface area contributed by atoms with E-state index in [0.29, 0.717) is 0 Å². The first kappa shape index (κ1) is 7.71. The zero-order valence-corrected chi connectivity index (χ0v) is 5.91. The topological polar surface area (TPSA) is 55.1 Å². The van der Waals surface area contributed by atoms with E-state index in [4.69, 9.17) is 5.11 Å². The van der Waals surface area contributed by atoms with Crippen LogP contribution in [0.15, 0.2) is 6.07 Å². The van der Waals surface area contributed by atoms with Crippen molar-refractivity contribution in [1.82, 2.24) is 9.78 Å². The molecule has 1 heterocycles. The lowest BCUT2D eigenvalue weighted by molar-refractivity contribution is 0.0685. The van der Waals surface area contributed by atoms with E-state index in [1.807, 2.05) is 0 Å². The molecule has 0 spiro atoms. The maximum atomic E-state index is 11.9. The lowest BCUT2D eigenvalue weighted by Crippen LogP contribution is -2.04. The number of rotatable bonds is 2. The first-order valence-corrected chi connectivity index (χ1v) is 2.97. The Kier molecular flexibility index (Phi) is 1.89. The minimum atomic E-state index is -1.10. The van der Waals surface area contributed by atoms with Crippen LogP contribution in [0.2, 0.25) is 0 Å². The van der Waals surface area contributed by atoms with Crippen molar-refractivity contribution in [2.24, 2.45) is 7.05 Å². The molecule has 5 heteroatoms. The Labute approximate surface area is 62.3 Å². The van der Waals surface area contributed by atoms with Crippen LogP contribution in [0.1, 0.15) is 16.2 Å². The van der Waals surface area contributed by atoms with Crippen LogP contribution in [0.4, 0.5) is 4.39 Å². The number of alkyl halides is 1. The molecule has 4 nitrogen and oxygen atoms in total. The maximum absolute atomic E-state index is 11.9. The van der Waals surface area contributed by atoms with Crippen molar-refractivity contribution >= 4 is 5.97 Å². The number of halogens is 1. The van der Waals surface area contributed by atoms with Crippen molar-refractivity contribution in [3.63, 3.8) is 0 Å². The van der Waals surface area contributed by atoms with Gasteiger partial charge in [0.25, 0.3) is 0 Å². The Morgan fingerprint density at radius 3 is 2.82 bits per heavy atom. The molecule has 0 aliphatic carbocycles. The third kappa shape index (κ3) is 1.36. The van der Waals surface area contributed by atoms with Gasteiger partial charge in [0, 0.05) is 7.05 Å². The second-order valence-corrected chi connectivity index (χ2v) is 2.08. The van der Waals surface area contributed by atoms with Gasteiger partial charge < -0.3 is 5.11 Å². The molecule has 11 heavy (non-hydrogen) atoms. The number of carbonyl (C=O) groups is 1. The van der Waals surface area contributed by atoms with Crippen molar-refractivity contribution in [2.45, 2.75) is 6.67 Å². The summed E-state index contributed by atoms with van der Waals surface area (Å²) in [7, 11) is 1.46. The zero-order chi connectivity index (χ0) is 8.43. The van der Waals surface area contributed by atoms with Gasteiger partial charge in [-0.05, 0) is 6.07 Å². The molecule has 1 aromatic heterocycles. The van der Waals surface area contributed by atoms with Gasteiger partial charge in [-0.15, -0.1) is 0 Å². The van der Waals surface area contributed by atoms with Crippen LogP contribution in [0.3, 0.4) is 0 Å². The molecule has 1 N–H and O–H groups in total. The Hall–Kier alpha value is -1.39. The average molecular weight is 158 g/mol. The third-order valence-electron chi connectivity index (χ3n) is 1.29. The Morgan fingerprint density at radius 2 is 2.55 bits per heavy atom. The minimum absolute atomic E-state index is 0.00218. The molecule has 0 atom stereocenters. The number of aryl methyl sites for hydroxylation is 1. The van der Waals surface area contributed by atoms with Gasteiger partial charge >= 0.3 is 5.97 Å². The zero-order valence-electron chi connectivity index (χ0n) is 5.91. The average Bonchev–Trinajstić information content (AvgIpc) is 2.30. The summed E-state index contributed by atoms with van der Waals surface area (Å²) >= 11 is 0. The molecule has 0 aliphatic heterocycles. The molecule has 60 valence electrons. The molecular formula is C6H7FN2O2. The first-order chi connectivity index (χ1) is 5.15. The standard InChI is InChI=1S/C6H7FN2O2/c1-9-5(6(10)11)2-4(3-7)8-9/h2H,3H2,1H3,(H,10,11). The van der Waals surface area contributed by atoms with Gasteiger partial charge in [0.15, 0.2) is 0 Å². The summed E-state index contributed by atoms with van der Waals surface area (Å²) in [6.07, 6.45) is 0. The lowest BCUT2D eigenvalue weighted by Gasteiger charge is -1.91. The third-order valence-corrected chi connectivity index (χ3v) is 1.29. The fourth-order valence-electron chi connectivity index (χ4n) is 0.792. The normalized spacial score (nSPS) is 10.0. The van der Waals surface area contributed by atoms with E-state index in [-0.39, 0.29) is 11.4 Å².